The summed E-state index contributed by atoms with van der Waals surface area (Å²) in [5.41, 5.74) is -0.684. The SMILES string of the molecule is FC(F)(F)c1ccnc(NCCCCCCl)c1. The van der Waals surface area contributed by atoms with E-state index < -0.39 is 11.7 Å². The number of halogens is 4. The fourth-order valence-corrected chi connectivity index (χ4v) is 1.51. The molecule has 0 atom stereocenters. The Kier molecular flexibility index (Phi) is 5.55. The molecule has 0 aliphatic rings. The summed E-state index contributed by atoms with van der Waals surface area (Å²) in [7, 11) is 0. The van der Waals surface area contributed by atoms with Crippen LogP contribution in [0.15, 0.2) is 18.3 Å². The lowest BCUT2D eigenvalue weighted by Gasteiger charge is -2.09. The van der Waals surface area contributed by atoms with Crippen molar-refractivity contribution in [3.63, 3.8) is 0 Å². The fraction of sp³-hybridized carbons (Fsp3) is 0.545. The number of anilines is 1. The fourth-order valence-electron chi connectivity index (χ4n) is 1.32. The van der Waals surface area contributed by atoms with Gasteiger partial charge in [-0.3, -0.25) is 0 Å². The van der Waals surface area contributed by atoms with Crippen molar-refractivity contribution in [1.82, 2.24) is 4.98 Å². The molecular weight excluding hydrogens is 253 g/mol. The molecule has 1 aromatic rings. The van der Waals surface area contributed by atoms with Crippen LogP contribution in [0.5, 0.6) is 0 Å². The summed E-state index contributed by atoms with van der Waals surface area (Å²) in [6.45, 7) is 0.602. The van der Waals surface area contributed by atoms with Crippen LogP contribution in [0, 0.1) is 0 Å². The van der Waals surface area contributed by atoms with Gasteiger partial charge in [0.05, 0.1) is 5.56 Å². The van der Waals surface area contributed by atoms with Crippen LogP contribution in [-0.4, -0.2) is 17.4 Å². The zero-order valence-electron chi connectivity index (χ0n) is 9.23. The quantitative estimate of drug-likeness (QED) is 0.623. The Morgan fingerprint density at radius 2 is 2.00 bits per heavy atom. The summed E-state index contributed by atoms with van der Waals surface area (Å²) in [5.74, 6) is 0.868. The van der Waals surface area contributed by atoms with Crippen LogP contribution in [0.25, 0.3) is 0 Å². The third kappa shape index (κ3) is 5.26. The van der Waals surface area contributed by atoms with Crippen molar-refractivity contribution >= 4 is 17.4 Å². The van der Waals surface area contributed by atoms with E-state index in [0.717, 1.165) is 37.6 Å². The molecule has 0 aliphatic heterocycles. The second-order valence-electron chi connectivity index (χ2n) is 3.60. The number of pyridine rings is 1. The van der Waals surface area contributed by atoms with Gasteiger partial charge in [0.2, 0.25) is 0 Å². The Morgan fingerprint density at radius 1 is 1.24 bits per heavy atom. The molecule has 17 heavy (non-hydrogen) atoms. The Labute approximate surface area is 103 Å². The highest BCUT2D eigenvalue weighted by Crippen LogP contribution is 2.29. The number of aromatic nitrogens is 1. The highest BCUT2D eigenvalue weighted by atomic mass is 35.5. The van der Waals surface area contributed by atoms with Crippen LogP contribution in [0.3, 0.4) is 0 Å². The zero-order valence-corrected chi connectivity index (χ0v) is 9.98. The molecule has 0 aromatic carbocycles. The minimum atomic E-state index is -4.32. The number of alkyl halides is 4. The Balaban J connectivity index is 2.44. The van der Waals surface area contributed by atoms with Crippen molar-refractivity contribution in [2.75, 3.05) is 17.7 Å². The maximum atomic E-state index is 12.4. The van der Waals surface area contributed by atoms with Crippen LogP contribution >= 0.6 is 11.6 Å². The first-order valence-electron chi connectivity index (χ1n) is 5.37. The first kappa shape index (κ1) is 14.1. The van der Waals surface area contributed by atoms with E-state index in [4.69, 9.17) is 11.6 Å². The second kappa shape index (κ2) is 6.69. The van der Waals surface area contributed by atoms with Crippen LogP contribution < -0.4 is 5.32 Å². The minimum absolute atomic E-state index is 0.255. The number of hydrogen-bond donors (Lipinski definition) is 1. The predicted molar refractivity (Wildman–Crippen MR) is 62.3 cm³/mol. The summed E-state index contributed by atoms with van der Waals surface area (Å²) < 4.78 is 37.2. The van der Waals surface area contributed by atoms with Crippen molar-refractivity contribution in [3.8, 4) is 0 Å². The predicted octanol–water partition coefficient (Wildman–Crippen LogP) is 3.92. The maximum absolute atomic E-state index is 12.4. The van der Waals surface area contributed by atoms with E-state index in [1.54, 1.807) is 0 Å². The van der Waals surface area contributed by atoms with E-state index in [1.165, 1.54) is 0 Å². The van der Waals surface area contributed by atoms with Crippen LogP contribution in [0.4, 0.5) is 19.0 Å². The maximum Gasteiger partial charge on any atom is 0.416 e. The topological polar surface area (TPSA) is 24.9 Å². The smallest absolute Gasteiger partial charge is 0.370 e. The van der Waals surface area contributed by atoms with Gasteiger partial charge in [0, 0.05) is 18.6 Å². The van der Waals surface area contributed by atoms with E-state index in [2.05, 4.69) is 10.3 Å². The largest absolute Gasteiger partial charge is 0.416 e. The number of hydrogen-bond acceptors (Lipinski definition) is 2. The average Bonchev–Trinajstić information content (AvgIpc) is 2.28. The molecule has 0 saturated heterocycles. The Hall–Kier alpha value is -0.970. The van der Waals surface area contributed by atoms with Gasteiger partial charge in [0.1, 0.15) is 5.82 Å². The van der Waals surface area contributed by atoms with Crippen molar-refractivity contribution in [3.05, 3.63) is 23.9 Å². The van der Waals surface area contributed by atoms with Crippen LogP contribution in [0.2, 0.25) is 0 Å². The van der Waals surface area contributed by atoms with Gasteiger partial charge in [-0.1, -0.05) is 6.42 Å². The lowest BCUT2D eigenvalue weighted by Crippen LogP contribution is -2.08. The molecule has 0 saturated carbocycles. The normalized spacial score (nSPS) is 11.5. The van der Waals surface area contributed by atoms with Gasteiger partial charge in [0.15, 0.2) is 0 Å². The molecular formula is C11H14ClF3N2. The van der Waals surface area contributed by atoms with E-state index in [9.17, 15) is 13.2 Å². The molecule has 0 spiro atoms. The molecule has 0 aliphatic carbocycles. The molecule has 1 aromatic heterocycles. The van der Waals surface area contributed by atoms with Crippen molar-refractivity contribution in [1.29, 1.82) is 0 Å². The van der Waals surface area contributed by atoms with Gasteiger partial charge in [0.25, 0.3) is 0 Å². The highest BCUT2D eigenvalue weighted by molar-refractivity contribution is 6.17. The summed E-state index contributed by atoms with van der Waals surface area (Å²) >= 11 is 5.51. The highest BCUT2D eigenvalue weighted by Gasteiger charge is 2.30. The van der Waals surface area contributed by atoms with Gasteiger partial charge in [-0.25, -0.2) is 4.98 Å². The third-order valence-electron chi connectivity index (χ3n) is 2.20. The molecule has 0 unspecified atom stereocenters. The summed E-state index contributed by atoms with van der Waals surface area (Å²) in [6.07, 6.45) is -0.429. The van der Waals surface area contributed by atoms with Crippen molar-refractivity contribution in [2.45, 2.75) is 25.4 Å². The third-order valence-corrected chi connectivity index (χ3v) is 2.47. The number of nitrogens with zero attached hydrogens (tertiary/aromatic N) is 1. The molecule has 0 radical (unpaired) electrons. The zero-order chi connectivity index (χ0) is 12.7. The van der Waals surface area contributed by atoms with Gasteiger partial charge >= 0.3 is 6.18 Å². The van der Waals surface area contributed by atoms with E-state index >= 15 is 0 Å². The molecule has 96 valence electrons. The molecule has 1 heterocycles. The second-order valence-corrected chi connectivity index (χ2v) is 3.98. The summed E-state index contributed by atoms with van der Waals surface area (Å²) in [5, 5.41) is 2.86. The first-order chi connectivity index (χ1) is 8.04. The molecule has 0 amide bonds. The Bertz CT molecular complexity index is 342. The Morgan fingerprint density at radius 3 is 2.65 bits per heavy atom. The molecule has 2 nitrogen and oxygen atoms in total. The van der Waals surface area contributed by atoms with Gasteiger partial charge in [-0.15, -0.1) is 11.6 Å². The number of nitrogens with one attached hydrogen (secondary N) is 1. The first-order valence-corrected chi connectivity index (χ1v) is 5.90. The number of rotatable bonds is 6. The summed E-state index contributed by atoms with van der Waals surface area (Å²) in [6, 6.07) is 1.97. The van der Waals surface area contributed by atoms with E-state index in [-0.39, 0.29) is 5.82 Å². The molecule has 1 rings (SSSR count). The van der Waals surface area contributed by atoms with Gasteiger partial charge in [-0.2, -0.15) is 13.2 Å². The lowest BCUT2D eigenvalue weighted by molar-refractivity contribution is -0.137. The van der Waals surface area contributed by atoms with Crippen molar-refractivity contribution < 1.29 is 13.2 Å². The standard InChI is InChI=1S/C11H14ClF3N2/c12-5-2-1-3-6-16-10-8-9(4-7-17-10)11(13,14)15/h4,7-8H,1-3,5-6H2,(H,16,17). The molecule has 1 N–H and O–H groups in total. The minimum Gasteiger partial charge on any atom is -0.370 e. The van der Waals surface area contributed by atoms with Gasteiger partial charge in [-0.05, 0) is 25.0 Å². The molecule has 6 heteroatoms. The monoisotopic (exact) mass is 266 g/mol. The van der Waals surface area contributed by atoms with E-state index in [1.807, 2.05) is 0 Å². The summed E-state index contributed by atoms with van der Waals surface area (Å²) in [4.78, 5) is 3.83. The molecule has 0 bridgehead atoms. The van der Waals surface area contributed by atoms with Gasteiger partial charge < -0.3 is 5.32 Å². The van der Waals surface area contributed by atoms with Crippen LogP contribution in [-0.2, 0) is 6.18 Å². The average molecular weight is 267 g/mol. The van der Waals surface area contributed by atoms with Crippen LogP contribution in [0.1, 0.15) is 24.8 Å². The lowest BCUT2D eigenvalue weighted by atomic mass is 10.2. The number of unbranched alkanes of at least 4 members (excludes halogenated alkanes) is 2. The van der Waals surface area contributed by atoms with Crippen molar-refractivity contribution in [2.24, 2.45) is 0 Å². The molecule has 0 fully saturated rings. The van der Waals surface area contributed by atoms with E-state index in [0.29, 0.717) is 12.4 Å².